The van der Waals surface area contributed by atoms with Gasteiger partial charge in [-0.05, 0) is 37.1 Å². The first kappa shape index (κ1) is 12.7. The Kier molecular flexibility index (Phi) is 4.40. The molecule has 0 spiro atoms. The Morgan fingerprint density at radius 1 is 1.17 bits per heavy atom. The average molecular weight is 245 g/mol. The first-order valence-corrected chi connectivity index (χ1v) is 6.51. The van der Waals surface area contributed by atoms with Crippen LogP contribution in [0.4, 0.5) is 0 Å². The maximum atomic E-state index is 5.61. The van der Waals surface area contributed by atoms with E-state index >= 15 is 0 Å². The summed E-state index contributed by atoms with van der Waals surface area (Å²) in [5.41, 5.74) is 1.96. The molecule has 1 aromatic carbocycles. The molecule has 3 nitrogen and oxygen atoms in total. The number of oxazole rings is 1. The number of hydrogen-bond donors (Lipinski definition) is 0. The van der Waals surface area contributed by atoms with Gasteiger partial charge in [0.25, 0.3) is 0 Å². The third-order valence-electron chi connectivity index (χ3n) is 2.78. The second kappa shape index (κ2) is 6.24. The van der Waals surface area contributed by atoms with Crippen molar-refractivity contribution in [2.75, 3.05) is 6.61 Å². The monoisotopic (exact) mass is 245 g/mol. The molecule has 0 bridgehead atoms. The van der Waals surface area contributed by atoms with E-state index in [0.29, 0.717) is 5.89 Å². The van der Waals surface area contributed by atoms with E-state index in [-0.39, 0.29) is 0 Å². The standard InChI is InChI=1S/C15H19NO2/c1-3-5-10-17-14-8-6-12(7-9-14)15-16-13(4-2)11-18-15/h6-9,11H,3-5,10H2,1-2H3. The molecule has 0 radical (unpaired) electrons. The minimum Gasteiger partial charge on any atom is -0.494 e. The van der Waals surface area contributed by atoms with Crippen LogP contribution >= 0.6 is 0 Å². The first-order valence-electron chi connectivity index (χ1n) is 6.51. The zero-order chi connectivity index (χ0) is 12.8. The van der Waals surface area contributed by atoms with Crippen molar-refractivity contribution in [3.8, 4) is 17.2 Å². The van der Waals surface area contributed by atoms with E-state index in [9.17, 15) is 0 Å². The lowest BCUT2D eigenvalue weighted by molar-refractivity contribution is 0.309. The number of nitrogens with zero attached hydrogens (tertiary/aromatic N) is 1. The summed E-state index contributed by atoms with van der Waals surface area (Å²) in [5.74, 6) is 1.57. The highest BCUT2D eigenvalue weighted by Gasteiger charge is 2.05. The van der Waals surface area contributed by atoms with E-state index in [1.165, 1.54) is 0 Å². The third-order valence-corrected chi connectivity index (χ3v) is 2.78. The highest BCUT2D eigenvalue weighted by atomic mass is 16.5. The third kappa shape index (κ3) is 3.13. The molecule has 3 heteroatoms. The van der Waals surface area contributed by atoms with Gasteiger partial charge in [0.2, 0.25) is 5.89 Å². The second-order valence-electron chi connectivity index (χ2n) is 4.22. The van der Waals surface area contributed by atoms with Gasteiger partial charge in [-0.3, -0.25) is 0 Å². The Balaban J connectivity index is 2.02. The van der Waals surface area contributed by atoms with E-state index < -0.39 is 0 Å². The fourth-order valence-corrected chi connectivity index (χ4v) is 1.63. The first-order chi connectivity index (χ1) is 8.83. The molecule has 1 heterocycles. The number of ether oxygens (including phenoxy) is 1. The van der Waals surface area contributed by atoms with Crippen molar-refractivity contribution < 1.29 is 9.15 Å². The number of rotatable bonds is 6. The molecule has 1 aromatic heterocycles. The van der Waals surface area contributed by atoms with Crippen LogP contribution in [-0.4, -0.2) is 11.6 Å². The average Bonchev–Trinajstić information content (AvgIpc) is 2.89. The van der Waals surface area contributed by atoms with Gasteiger partial charge < -0.3 is 9.15 Å². The van der Waals surface area contributed by atoms with E-state index in [4.69, 9.17) is 9.15 Å². The number of hydrogen-bond acceptors (Lipinski definition) is 3. The van der Waals surface area contributed by atoms with Crippen LogP contribution in [0, 0.1) is 0 Å². The van der Waals surface area contributed by atoms with Crippen LogP contribution in [0.1, 0.15) is 32.4 Å². The van der Waals surface area contributed by atoms with Gasteiger partial charge in [0, 0.05) is 5.56 Å². The second-order valence-corrected chi connectivity index (χ2v) is 4.22. The molecule has 0 amide bonds. The van der Waals surface area contributed by atoms with Gasteiger partial charge in [0.15, 0.2) is 0 Å². The molecule has 0 unspecified atom stereocenters. The fourth-order valence-electron chi connectivity index (χ4n) is 1.63. The summed E-state index contributed by atoms with van der Waals surface area (Å²) in [7, 11) is 0. The Hall–Kier alpha value is -1.77. The molecule has 2 aromatic rings. The van der Waals surface area contributed by atoms with Crippen LogP contribution in [0.2, 0.25) is 0 Å². The number of benzene rings is 1. The Bertz CT molecular complexity index is 473. The molecule has 0 aliphatic carbocycles. The van der Waals surface area contributed by atoms with Gasteiger partial charge in [-0.25, -0.2) is 4.98 Å². The van der Waals surface area contributed by atoms with Crippen molar-refractivity contribution in [3.05, 3.63) is 36.2 Å². The molecular formula is C15H19NO2. The summed E-state index contributed by atoms with van der Waals surface area (Å²) in [6.07, 6.45) is 4.83. The van der Waals surface area contributed by atoms with E-state index in [1.807, 2.05) is 24.3 Å². The summed E-state index contributed by atoms with van der Waals surface area (Å²) in [4.78, 5) is 4.40. The molecule has 0 atom stereocenters. The number of aromatic nitrogens is 1. The van der Waals surface area contributed by atoms with Gasteiger partial charge in [-0.15, -0.1) is 0 Å². The fraction of sp³-hybridized carbons (Fsp3) is 0.400. The van der Waals surface area contributed by atoms with Crippen LogP contribution in [-0.2, 0) is 6.42 Å². The van der Waals surface area contributed by atoms with Crippen molar-refractivity contribution >= 4 is 0 Å². The predicted octanol–water partition coefficient (Wildman–Crippen LogP) is 4.08. The smallest absolute Gasteiger partial charge is 0.226 e. The summed E-state index contributed by atoms with van der Waals surface area (Å²) in [6, 6.07) is 7.88. The van der Waals surface area contributed by atoms with Crippen LogP contribution in [0.25, 0.3) is 11.5 Å². The maximum Gasteiger partial charge on any atom is 0.226 e. The van der Waals surface area contributed by atoms with Crippen LogP contribution in [0.15, 0.2) is 34.9 Å². The summed E-state index contributed by atoms with van der Waals surface area (Å²) in [5, 5.41) is 0. The van der Waals surface area contributed by atoms with E-state index in [2.05, 4.69) is 18.8 Å². The van der Waals surface area contributed by atoms with Crippen molar-refractivity contribution in [1.29, 1.82) is 0 Å². The van der Waals surface area contributed by atoms with Crippen molar-refractivity contribution in [2.45, 2.75) is 33.1 Å². The van der Waals surface area contributed by atoms with E-state index in [0.717, 1.165) is 42.9 Å². The Morgan fingerprint density at radius 2 is 1.94 bits per heavy atom. The molecule has 0 aliphatic heterocycles. The van der Waals surface area contributed by atoms with Crippen LogP contribution in [0.3, 0.4) is 0 Å². The Morgan fingerprint density at radius 3 is 2.56 bits per heavy atom. The maximum absolute atomic E-state index is 5.61. The minimum atomic E-state index is 0.673. The normalized spacial score (nSPS) is 10.6. The quantitative estimate of drug-likeness (QED) is 0.719. The lowest BCUT2D eigenvalue weighted by Crippen LogP contribution is -1.95. The largest absolute Gasteiger partial charge is 0.494 e. The predicted molar refractivity (Wildman–Crippen MR) is 71.7 cm³/mol. The van der Waals surface area contributed by atoms with Crippen molar-refractivity contribution in [2.24, 2.45) is 0 Å². The summed E-state index contributed by atoms with van der Waals surface area (Å²) in [6.45, 7) is 4.99. The molecule has 18 heavy (non-hydrogen) atoms. The minimum absolute atomic E-state index is 0.673. The topological polar surface area (TPSA) is 35.3 Å². The lowest BCUT2D eigenvalue weighted by Gasteiger charge is -2.05. The van der Waals surface area contributed by atoms with Gasteiger partial charge >= 0.3 is 0 Å². The summed E-state index contributed by atoms with van der Waals surface area (Å²) >= 11 is 0. The molecule has 2 rings (SSSR count). The molecule has 0 aliphatic rings. The molecule has 0 fully saturated rings. The van der Waals surface area contributed by atoms with Gasteiger partial charge in [-0.2, -0.15) is 0 Å². The molecule has 0 saturated carbocycles. The van der Waals surface area contributed by atoms with Crippen molar-refractivity contribution in [1.82, 2.24) is 4.98 Å². The molecule has 0 N–H and O–H groups in total. The SMILES string of the molecule is CCCCOc1ccc(-c2nc(CC)co2)cc1. The number of aryl methyl sites for hydroxylation is 1. The highest BCUT2D eigenvalue weighted by Crippen LogP contribution is 2.22. The van der Waals surface area contributed by atoms with Gasteiger partial charge in [0.1, 0.15) is 12.0 Å². The highest BCUT2D eigenvalue weighted by molar-refractivity contribution is 5.54. The van der Waals surface area contributed by atoms with Gasteiger partial charge in [0.05, 0.1) is 12.3 Å². The van der Waals surface area contributed by atoms with Crippen molar-refractivity contribution in [3.63, 3.8) is 0 Å². The van der Waals surface area contributed by atoms with Crippen LogP contribution < -0.4 is 4.74 Å². The van der Waals surface area contributed by atoms with E-state index in [1.54, 1.807) is 6.26 Å². The summed E-state index contributed by atoms with van der Waals surface area (Å²) < 4.78 is 11.0. The molecule has 0 saturated heterocycles. The molecular weight excluding hydrogens is 226 g/mol. The zero-order valence-electron chi connectivity index (χ0n) is 11.0. The number of unbranched alkanes of at least 4 members (excludes halogenated alkanes) is 1. The lowest BCUT2D eigenvalue weighted by atomic mass is 10.2. The molecule has 96 valence electrons. The zero-order valence-corrected chi connectivity index (χ0v) is 11.0. The van der Waals surface area contributed by atoms with Crippen LogP contribution in [0.5, 0.6) is 5.75 Å². The van der Waals surface area contributed by atoms with Gasteiger partial charge in [-0.1, -0.05) is 20.3 Å². The Labute approximate surface area is 108 Å².